The zero-order chi connectivity index (χ0) is 12.3. The molecule has 92 valence electrons. The van der Waals surface area contributed by atoms with Gasteiger partial charge in [0.1, 0.15) is 12.1 Å². The van der Waals surface area contributed by atoms with Crippen LogP contribution in [0.25, 0.3) is 5.65 Å². The summed E-state index contributed by atoms with van der Waals surface area (Å²) in [5.41, 5.74) is 2.08. The Bertz CT molecular complexity index is 489. The predicted molar refractivity (Wildman–Crippen MR) is 69.4 cm³/mol. The second-order valence-electron chi connectivity index (χ2n) is 4.53. The third kappa shape index (κ3) is 2.94. The SMILES string of the molecule is Cc1cc(NCCCN(C)C)n2ncnc2c1. The van der Waals surface area contributed by atoms with E-state index in [1.165, 1.54) is 5.56 Å². The quantitative estimate of drug-likeness (QED) is 0.793. The van der Waals surface area contributed by atoms with Crippen molar-refractivity contribution in [1.29, 1.82) is 0 Å². The van der Waals surface area contributed by atoms with Crippen LogP contribution in [0.5, 0.6) is 0 Å². The van der Waals surface area contributed by atoms with Gasteiger partial charge in [-0.25, -0.2) is 4.98 Å². The minimum Gasteiger partial charge on any atom is -0.370 e. The van der Waals surface area contributed by atoms with Gasteiger partial charge in [0.25, 0.3) is 0 Å². The normalized spacial score (nSPS) is 11.3. The van der Waals surface area contributed by atoms with Crippen LogP contribution in [0.4, 0.5) is 5.82 Å². The van der Waals surface area contributed by atoms with Gasteiger partial charge in [0.2, 0.25) is 0 Å². The lowest BCUT2D eigenvalue weighted by Gasteiger charge is -2.11. The summed E-state index contributed by atoms with van der Waals surface area (Å²) in [6.45, 7) is 4.09. The first-order valence-electron chi connectivity index (χ1n) is 5.86. The maximum absolute atomic E-state index is 4.21. The van der Waals surface area contributed by atoms with E-state index in [4.69, 9.17) is 0 Å². The molecule has 0 amide bonds. The summed E-state index contributed by atoms with van der Waals surface area (Å²) >= 11 is 0. The highest BCUT2D eigenvalue weighted by Crippen LogP contribution is 2.12. The van der Waals surface area contributed by atoms with Crippen molar-refractivity contribution in [1.82, 2.24) is 19.5 Å². The molecule has 0 saturated carbocycles. The zero-order valence-corrected chi connectivity index (χ0v) is 10.6. The van der Waals surface area contributed by atoms with Crippen molar-refractivity contribution in [2.24, 2.45) is 0 Å². The van der Waals surface area contributed by atoms with Gasteiger partial charge in [-0.2, -0.15) is 9.61 Å². The summed E-state index contributed by atoms with van der Waals surface area (Å²) in [6.07, 6.45) is 2.69. The maximum Gasteiger partial charge on any atom is 0.157 e. The van der Waals surface area contributed by atoms with E-state index in [1.54, 1.807) is 6.33 Å². The minimum absolute atomic E-state index is 0.889. The largest absolute Gasteiger partial charge is 0.370 e. The monoisotopic (exact) mass is 233 g/mol. The molecule has 5 nitrogen and oxygen atoms in total. The number of hydrogen-bond acceptors (Lipinski definition) is 4. The molecule has 2 aromatic rings. The lowest BCUT2D eigenvalue weighted by atomic mass is 10.3. The van der Waals surface area contributed by atoms with Crippen molar-refractivity contribution in [3.05, 3.63) is 24.0 Å². The number of aryl methyl sites for hydroxylation is 1. The molecular weight excluding hydrogens is 214 g/mol. The van der Waals surface area contributed by atoms with Crippen LogP contribution in [0.1, 0.15) is 12.0 Å². The standard InChI is InChI=1S/C12H19N5/c1-10-7-11(13-5-4-6-16(2)3)17-12(8-10)14-9-15-17/h7-9,13H,4-6H2,1-3H3. The summed E-state index contributed by atoms with van der Waals surface area (Å²) in [5.74, 6) is 1.01. The van der Waals surface area contributed by atoms with Gasteiger partial charge in [0, 0.05) is 6.54 Å². The Kier molecular flexibility index (Phi) is 3.58. The number of pyridine rings is 1. The van der Waals surface area contributed by atoms with Gasteiger partial charge in [0.05, 0.1) is 0 Å². The highest BCUT2D eigenvalue weighted by Gasteiger charge is 2.03. The fraction of sp³-hybridized carbons (Fsp3) is 0.500. The van der Waals surface area contributed by atoms with Gasteiger partial charge in [-0.05, 0) is 51.7 Å². The molecule has 2 aromatic heterocycles. The van der Waals surface area contributed by atoms with E-state index in [0.717, 1.165) is 31.0 Å². The van der Waals surface area contributed by atoms with E-state index in [0.29, 0.717) is 0 Å². The average molecular weight is 233 g/mol. The number of nitrogens with one attached hydrogen (secondary N) is 1. The number of rotatable bonds is 5. The Balaban J connectivity index is 2.04. The van der Waals surface area contributed by atoms with Crippen LogP contribution in [-0.2, 0) is 0 Å². The number of hydrogen-bond donors (Lipinski definition) is 1. The number of nitrogens with zero attached hydrogens (tertiary/aromatic N) is 4. The van der Waals surface area contributed by atoms with E-state index in [2.05, 4.69) is 47.4 Å². The van der Waals surface area contributed by atoms with Gasteiger partial charge < -0.3 is 10.2 Å². The third-order valence-electron chi connectivity index (χ3n) is 2.61. The molecular formula is C12H19N5. The second-order valence-corrected chi connectivity index (χ2v) is 4.53. The van der Waals surface area contributed by atoms with Crippen LogP contribution in [0.3, 0.4) is 0 Å². The minimum atomic E-state index is 0.889. The Morgan fingerprint density at radius 2 is 2.18 bits per heavy atom. The van der Waals surface area contributed by atoms with Gasteiger partial charge in [0.15, 0.2) is 5.65 Å². The molecule has 0 atom stereocenters. The van der Waals surface area contributed by atoms with Crippen molar-refractivity contribution in [2.45, 2.75) is 13.3 Å². The lowest BCUT2D eigenvalue weighted by molar-refractivity contribution is 0.405. The second kappa shape index (κ2) is 5.14. The molecule has 2 rings (SSSR count). The molecule has 0 radical (unpaired) electrons. The first-order chi connectivity index (χ1) is 8.16. The highest BCUT2D eigenvalue weighted by atomic mass is 15.3. The number of anilines is 1. The fourth-order valence-corrected chi connectivity index (χ4v) is 1.79. The Labute approximate surface area is 101 Å². The summed E-state index contributed by atoms with van der Waals surface area (Å²) in [6, 6.07) is 4.12. The van der Waals surface area contributed by atoms with Crippen molar-refractivity contribution in [2.75, 3.05) is 32.5 Å². The van der Waals surface area contributed by atoms with E-state index < -0.39 is 0 Å². The van der Waals surface area contributed by atoms with Crippen LogP contribution in [-0.4, -0.2) is 46.7 Å². The molecule has 5 heteroatoms. The number of fused-ring (bicyclic) bond motifs is 1. The van der Waals surface area contributed by atoms with Crippen LogP contribution in [0, 0.1) is 6.92 Å². The summed E-state index contributed by atoms with van der Waals surface area (Å²) in [4.78, 5) is 6.38. The number of aromatic nitrogens is 3. The molecule has 17 heavy (non-hydrogen) atoms. The summed E-state index contributed by atoms with van der Waals surface area (Å²) in [7, 11) is 4.17. The van der Waals surface area contributed by atoms with Crippen molar-refractivity contribution in [3.8, 4) is 0 Å². The predicted octanol–water partition coefficient (Wildman–Crippen LogP) is 1.40. The fourth-order valence-electron chi connectivity index (χ4n) is 1.79. The van der Waals surface area contributed by atoms with Gasteiger partial charge in [-0.3, -0.25) is 0 Å². The van der Waals surface area contributed by atoms with E-state index >= 15 is 0 Å². The molecule has 0 bridgehead atoms. The Morgan fingerprint density at radius 1 is 1.35 bits per heavy atom. The molecule has 0 unspecified atom stereocenters. The van der Waals surface area contributed by atoms with Gasteiger partial charge >= 0.3 is 0 Å². The first kappa shape index (κ1) is 11.9. The van der Waals surface area contributed by atoms with E-state index in [-0.39, 0.29) is 0 Å². The highest BCUT2D eigenvalue weighted by molar-refractivity contribution is 5.51. The van der Waals surface area contributed by atoms with Gasteiger partial charge in [-0.15, -0.1) is 0 Å². The van der Waals surface area contributed by atoms with Crippen LogP contribution >= 0.6 is 0 Å². The molecule has 0 spiro atoms. The Morgan fingerprint density at radius 3 is 2.94 bits per heavy atom. The van der Waals surface area contributed by atoms with Crippen LogP contribution in [0.2, 0.25) is 0 Å². The molecule has 0 aromatic carbocycles. The van der Waals surface area contributed by atoms with Gasteiger partial charge in [-0.1, -0.05) is 0 Å². The van der Waals surface area contributed by atoms with Crippen LogP contribution in [0.15, 0.2) is 18.5 Å². The summed E-state index contributed by atoms with van der Waals surface area (Å²) < 4.78 is 1.84. The molecule has 0 aliphatic heterocycles. The van der Waals surface area contributed by atoms with E-state index in [9.17, 15) is 0 Å². The molecule has 0 fully saturated rings. The molecule has 0 aliphatic carbocycles. The molecule has 0 aliphatic rings. The maximum atomic E-state index is 4.21. The molecule has 1 N–H and O–H groups in total. The molecule has 2 heterocycles. The third-order valence-corrected chi connectivity index (χ3v) is 2.61. The van der Waals surface area contributed by atoms with Crippen molar-refractivity contribution >= 4 is 11.5 Å². The zero-order valence-electron chi connectivity index (χ0n) is 10.6. The smallest absolute Gasteiger partial charge is 0.157 e. The average Bonchev–Trinajstić information content (AvgIpc) is 2.71. The topological polar surface area (TPSA) is 45.5 Å². The first-order valence-corrected chi connectivity index (χ1v) is 5.86. The van der Waals surface area contributed by atoms with Crippen molar-refractivity contribution in [3.63, 3.8) is 0 Å². The lowest BCUT2D eigenvalue weighted by Crippen LogP contribution is -2.17. The summed E-state index contributed by atoms with van der Waals surface area (Å²) in [5, 5.41) is 7.61. The van der Waals surface area contributed by atoms with Crippen LogP contribution < -0.4 is 5.32 Å². The van der Waals surface area contributed by atoms with Crippen molar-refractivity contribution < 1.29 is 0 Å². The Hall–Kier alpha value is -1.62. The van der Waals surface area contributed by atoms with E-state index in [1.807, 2.05) is 10.6 Å². The molecule has 0 saturated heterocycles.